The molecule has 4 heteroatoms. The Kier molecular flexibility index (Phi) is 5.45. The summed E-state index contributed by atoms with van der Waals surface area (Å²) < 4.78 is 0. The number of hydrogen-bond acceptors (Lipinski definition) is 2. The number of nitrogens with one attached hydrogen (secondary N) is 2. The van der Waals surface area contributed by atoms with Crippen molar-refractivity contribution >= 4 is 24.0 Å². The predicted octanol–water partition coefficient (Wildman–Crippen LogP) is 2.49. The minimum atomic E-state index is 0. The van der Waals surface area contributed by atoms with Crippen LogP contribution in [0.4, 0.5) is 5.69 Å². The molecule has 0 fully saturated rings. The lowest BCUT2D eigenvalue weighted by Gasteiger charge is -2.18. The van der Waals surface area contributed by atoms with Gasteiger partial charge < -0.3 is 10.6 Å². The predicted molar refractivity (Wildman–Crippen MR) is 72.6 cm³/mol. The van der Waals surface area contributed by atoms with Crippen LogP contribution in [0.1, 0.15) is 30.9 Å². The standard InChI is InChI=1S/C13H18N2O.ClH/c1-2-3-13(16)15-12-5-4-10-6-7-14-9-11(10)8-12;/h4-5,8,14H,2-3,6-7,9H2,1H3,(H,15,16);1H. The van der Waals surface area contributed by atoms with Crippen molar-refractivity contribution in [2.24, 2.45) is 0 Å². The van der Waals surface area contributed by atoms with E-state index < -0.39 is 0 Å². The van der Waals surface area contributed by atoms with Gasteiger partial charge in [-0.2, -0.15) is 0 Å². The topological polar surface area (TPSA) is 41.1 Å². The minimum absolute atomic E-state index is 0. The van der Waals surface area contributed by atoms with Crippen molar-refractivity contribution in [2.75, 3.05) is 11.9 Å². The summed E-state index contributed by atoms with van der Waals surface area (Å²) in [4.78, 5) is 11.5. The first-order chi connectivity index (χ1) is 7.79. The first-order valence-electron chi connectivity index (χ1n) is 5.92. The Labute approximate surface area is 108 Å². The Hall–Kier alpha value is -1.06. The Bertz CT molecular complexity index is 393. The lowest BCUT2D eigenvalue weighted by molar-refractivity contribution is -0.116. The summed E-state index contributed by atoms with van der Waals surface area (Å²) in [5.74, 6) is 0.103. The number of benzene rings is 1. The number of hydrogen-bond donors (Lipinski definition) is 2. The number of rotatable bonds is 3. The molecule has 3 nitrogen and oxygen atoms in total. The van der Waals surface area contributed by atoms with Crippen LogP contribution in [0.5, 0.6) is 0 Å². The van der Waals surface area contributed by atoms with E-state index in [9.17, 15) is 4.79 Å². The van der Waals surface area contributed by atoms with Crippen molar-refractivity contribution in [3.05, 3.63) is 29.3 Å². The number of carbonyl (C=O) groups is 1. The lowest BCUT2D eigenvalue weighted by atomic mass is 10.0. The normalized spacial score (nSPS) is 13.5. The SMILES string of the molecule is CCCC(=O)Nc1ccc2c(c1)CNCC2.Cl. The van der Waals surface area contributed by atoms with Crippen LogP contribution in [0.15, 0.2) is 18.2 Å². The van der Waals surface area contributed by atoms with Gasteiger partial charge in [-0.3, -0.25) is 4.79 Å². The summed E-state index contributed by atoms with van der Waals surface area (Å²) in [7, 11) is 0. The van der Waals surface area contributed by atoms with E-state index >= 15 is 0 Å². The molecule has 0 atom stereocenters. The third-order valence-corrected chi connectivity index (χ3v) is 2.85. The average Bonchev–Trinajstić information content (AvgIpc) is 2.29. The molecule has 0 saturated heterocycles. The smallest absolute Gasteiger partial charge is 0.224 e. The van der Waals surface area contributed by atoms with Crippen LogP contribution >= 0.6 is 12.4 Å². The number of carbonyl (C=O) groups excluding carboxylic acids is 1. The van der Waals surface area contributed by atoms with Gasteiger partial charge >= 0.3 is 0 Å². The van der Waals surface area contributed by atoms with Gasteiger partial charge in [0, 0.05) is 18.7 Å². The highest BCUT2D eigenvalue weighted by Gasteiger charge is 2.09. The molecular formula is C13H19ClN2O. The molecule has 0 aromatic heterocycles. The van der Waals surface area contributed by atoms with Crippen LogP contribution in [-0.2, 0) is 17.8 Å². The van der Waals surface area contributed by atoms with Gasteiger partial charge in [-0.05, 0) is 42.6 Å². The van der Waals surface area contributed by atoms with Crippen molar-refractivity contribution in [2.45, 2.75) is 32.7 Å². The van der Waals surface area contributed by atoms with Gasteiger partial charge in [0.25, 0.3) is 0 Å². The molecule has 1 heterocycles. The van der Waals surface area contributed by atoms with Crippen LogP contribution in [0, 0.1) is 0 Å². The average molecular weight is 255 g/mol. The van der Waals surface area contributed by atoms with Gasteiger partial charge in [0.05, 0.1) is 0 Å². The lowest BCUT2D eigenvalue weighted by Crippen LogP contribution is -2.23. The molecule has 0 saturated carbocycles. The van der Waals surface area contributed by atoms with E-state index in [0.717, 1.165) is 31.6 Å². The van der Waals surface area contributed by atoms with E-state index in [1.54, 1.807) is 0 Å². The van der Waals surface area contributed by atoms with Gasteiger partial charge in [0.2, 0.25) is 5.91 Å². The third kappa shape index (κ3) is 3.72. The second kappa shape index (κ2) is 6.62. The quantitative estimate of drug-likeness (QED) is 0.870. The van der Waals surface area contributed by atoms with E-state index in [1.807, 2.05) is 13.0 Å². The molecule has 94 valence electrons. The molecule has 1 aromatic carbocycles. The van der Waals surface area contributed by atoms with E-state index in [-0.39, 0.29) is 18.3 Å². The van der Waals surface area contributed by atoms with Gasteiger partial charge in [-0.25, -0.2) is 0 Å². The number of fused-ring (bicyclic) bond motifs is 1. The third-order valence-electron chi connectivity index (χ3n) is 2.85. The zero-order valence-corrected chi connectivity index (χ0v) is 10.9. The van der Waals surface area contributed by atoms with Gasteiger partial charge in [-0.15, -0.1) is 12.4 Å². The summed E-state index contributed by atoms with van der Waals surface area (Å²) >= 11 is 0. The first kappa shape index (κ1) is 14.0. The summed E-state index contributed by atoms with van der Waals surface area (Å²) in [6.07, 6.45) is 2.56. The van der Waals surface area contributed by atoms with Crippen LogP contribution in [0.3, 0.4) is 0 Å². The fraction of sp³-hybridized carbons (Fsp3) is 0.462. The summed E-state index contributed by atoms with van der Waals surface area (Å²) in [6, 6.07) is 6.20. The highest BCUT2D eigenvalue weighted by atomic mass is 35.5. The van der Waals surface area contributed by atoms with Gasteiger partial charge in [0.15, 0.2) is 0 Å². The fourth-order valence-electron chi connectivity index (χ4n) is 2.01. The van der Waals surface area contributed by atoms with Crippen molar-refractivity contribution in [3.63, 3.8) is 0 Å². The molecule has 0 unspecified atom stereocenters. The van der Waals surface area contributed by atoms with Gasteiger partial charge in [0.1, 0.15) is 0 Å². The molecule has 2 N–H and O–H groups in total. The molecule has 1 aliphatic heterocycles. The monoisotopic (exact) mass is 254 g/mol. The van der Waals surface area contributed by atoms with E-state index in [1.165, 1.54) is 11.1 Å². The maximum Gasteiger partial charge on any atom is 0.224 e. The van der Waals surface area contributed by atoms with Crippen LogP contribution in [0.2, 0.25) is 0 Å². The largest absolute Gasteiger partial charge is 0.326 e. The van der Waals surface area contributed by atoms with E-state index in [4.69, 9.17) is 0 Å². The molecule has 0 spiro atoms. The molecule has 0 radical (unpaired) electrons. The Morgan fingerprint density at radius 3 is 3.00 bits per heavy atom. The Balaban J connectivity index is 0.00000144. The van der Waals surface area contributed by atoms with Crippen molar-refractivity contribution in [1.29, 1.82) is 0 Å². The molecule has 1 amide bonds. The van der Waals surface area contributed by atoms with Gasteiger partial charge in [-0.1, -0.05) is 13.0 Å². The number of amides is 1. The molecular weight excluding hydrogens is 236 g/mol. The molecule has 0 aliphatic carbocycles. The zero-order valence-electron chi connectivity index (χ0n) is 10.1. The summed E-state index contributed by atoms with van der Waals surface area (Å²) in [5, 5.41) is 6.26. The van der Waals surface area contributed by atoms with Crippen molar-refractivity contribution < 1.29 is 4.79 Å². The van der Waals surface area contributed by atoms with Crippen molar-refractivity contribution in [3.8, 4) is 0 Å². The minimum Gasteiger partial charge on any atom is -0.326 e. The second-order valence-electron chi connectivity index (χ2n) is 4.21. The molecule has 1 aromatic rings. The zero-order chi connectivity index (χ0) is 11.4. The van der Waals surface area contributed by atoms with E-state index in [0.29, 0.717) is 6.42 Å². The van der Waals surface area contributed by atoms with Crippen molar-refractivity contribution in [1.82, 2.24) is 5.32 Å². The summed E-state index contributed by atoms with van der Waals surface area (Å²) in [6.45, 7) is 3.97. The second-order valence-corrected chi connectivity index (χ2v) is 4.21. The molecule has 17 heavy (non-hydrogen) atoms. The highest BCUT2D eigenvalue weighted by molar-refractivity contribution is 5.90. The van der Waals surface area contributed by atoms with Crippen LogP contribution in [-0.4, -0.2) is 12.5 Å². The highest BCUT2D eigenvalue weighted by Crippen LogP contribution is 2.19. The molecule has 0 bridgehead atoms. The number of anilines is 1. The Morgan fingerprint density at radius 1 is 1.41 bits per heavy atom. The molecule has 1 aliphatic rings. The van der Waals surface area contributed by atoms with Crippen LogP contribution in [0.25, 0.3) is 0 Å². The fourth-order valence-corrected chi connectivity index (χ4v) is 2.01. The first-order valence-corrected chi connectivity index (χ1v) is 5.92. The summed E-state index contributed by atoms with van der Waals surface area (Å²) in [5.41, 5.74) is 3.62. The number of halogens is 1. The maximum atomic E-state index is 11.5. The Morgan fingerprint density at radius 2 is 2.24 bits per heavy atom. The molecule has 2 rings (SSSR count). The van der Waals surface area contributed by atoms with Crippen LogP contribution < -0.4 is 10.6 Å². The van der Waals surface area contributed by atoms with E-state index in [2.05, 4.69) is 22.8 Å². The maximum absolute atomic E-state index is 11.5.